The molecule has 3 nitrogen and oxygen atoms in total. The van der Waals surface area contributed by atoms with Crippen molar-refractivity contribution in [2.24, 2.45) is 0 Å². The molecule has 0 bridgehead atoms. The molecule has 1 unspecified atom stereocenters. The van der Waals surface area contributed by atoms with Crippen LogP contribution in [-0.4, -0.2) is 16.9 Å². The van der Waals surface area contributed by atoms with Gasteiger partial charge in [0.05, 0.1) is 16.8 Å². The molecule has 0 saturated carbocycles. The molecule has 1 heterocycles. The van der Waals surface area contributed by atoms with Crippen molar-refractivity contribution >= 4 is 28.4 Å². The van der Waals surface area contributed by atoms with Crippen LogP contribution < -0.4 is 5.32 Å². The molecular weight excluding hydrogens is 356 g/mol. The Morgan fingerprint density at radius 2 is 1.85 bits per heavy atom. The zero-order chi connectivity index (χ0) is 19.2. The SMILES string of the molecule is CCCCCC(C)NC(=O)c1cc(-c2ccccc2Cl)nc2ccccc12. The summed E-state index contributed by atoms with van der Waals surface area (Å²) in [6.45, 7) is 4.24. The lowest BCUT2D eigenvalue weighted by Crippen LogP contribution is -2.32. The van der Waals surface area contributed by atoms with E-state index in [4.69, 9.17) is 16.6 Å². The number of pyridine rings is 1. The minimum Gasteiger partial charge on any atom is -0.350 e. The van der Waals surface area contributed by atoms with E-state index in [2.05, 4.69) is 19.2 Å². The Hall–Kier alpha value is -2.39. The molecule has 140 valence electrons. The number of carbonyl (C=O) groups is 1. The van der Waals surface area contributed by atoms with Gasteiger partial charge < -0.3 is 5.32 Å². The topological polar surface area (TPSA) is 42.0 Å². The standard InChI is InChI=1S/C23H25ClN2O/c1-3-4-5-10-16(2)25-23(27)19-15-22(18-12-6-8-13-20(18)24)26-21-14-9-7-11-17(19)21/h6-9,11-16H,3-5,10H2,1-2H3,(H,25,27). The molecule has 0 aliphatic carbocycles. The normalized spacial score (nSPS) is 12.1. The lowest BCUT2D eigenvalue weighted by Gasteiger charge is -2.16. The number of carbonyl (C=O) groups excluding carboxylic acids is 1. The maximum absolute atomic E-state index is 13.0. The summed E-state index contributed by atoms with van der Waals surface area (Å²) in [7, 11) is 0. The number of fused-ring (bicyclic) bond motifs is 1. The number of hydrogen-bond donors (Lipinski definition) is 1. The van der Waals surface area contributed by atoms with Gasteiger partial charge >= 0.3 is 0 Å². The van der Waals surface area contributed by atoms with Crippen LogP contribution in [0.3, 0.4) is 0 Å². The lowest BCUT2D eigenvalue weighted by molar-refractivity contribution is 0.0939. The van der Waals surface area contributed by atoms with Crippen LogP contribution in [0.1, 0.15) is 49.9 Å². The van der Waals surface area contributed by atoms with Gasteiger partial charge in [-0.05, 0) is 31.5 Å². The number of nitrogens with one attached hydrogen (secondary N) is 1. The van der Waals surface area contributed by atoms with Gasteiger partial charge in [-0.2, -0.15) is 0 Å². The molecule has 0 aliphatic rings. The fourth-order valence-electron chi connectivity index (χ4n) is 3.24. The summed E-state index contributed by atoms with van der Waals surface area (Å²) in [5, 5.41) is 4.62. The van der Waals surface area contributed by atoms with Gasteiger partial charge in [0, 0.05) is 22.0 Å². The van der Waals surface area contributed by atoms with Gasteiger partial charge in [-0.1, -0.05) is 74.2 Å². The van der Waals surface area contributed by atoms with E-state index in [0.29, 0.717) is 16.3 Å². The zero-order valence-electron chi connectivity index (χ0n) is 15.8. The minimum atomic E-state index is -0.0640. The van der Waals surface area contributed by atoms with Gasteiger partial charge in [0.15, 0.2) is 0 Å². The van der Waals surface area contributed by atoms with Crippen molar-refractivity contribution in [1.29, 1.82) is 0 Å². The molecule has 27 heavy (non-hydrogen) atoms. The number of amides is 1. The first-order valence-corrected chi connectivity index (χ1v) is 9.93. The van der Waals surface area contributed by atoms with Gasteiger partial charge in [-0.15, -0.1) is 0 Å². The van der Waals surface area contributed by atoms with Crippen LogP contribution in [0.25, 0.3) is 22.2 Å². The Bertz CT molecular complexity index is 939. The Labute approximate surface area is 165 Å². The summed E-state index contributed by atoms with van der Waals surface area (Å²) < 4.78 is 0. The van der Waals surface area contributed by atoms with Crippen LogP contribution in [-0.2, 0) is 0 Å². The molecule has 2 aromatic carbocycles. The third-order valence-electron chi connectivity index (χ3n) is 4.73. The monoisotopic (exact) mass is 380 g/mol. The molecular formula is C23H25ClN2O. The number of aromatic nitrogens is 1. The number of halogens is 1. The largest absolute Gasteiger partial charge is 0.350 e. The van der Waals surface area contributed by atoms with E-state index < -0.39 is 0 Å². The van der Waals surface area contributed by atoms with Gasteiger partial charge in [0.1, 0.15) is 0 Å². The van der Waals surface area contributed by atoms with Crippen molar-refractivity contribution in [3.63, 3.8) is 0 Å². The van der Waals surface area contributed by atoms with Crippen molar-refractivity contribution < 1.29 is 4.79 Å². The number of benzene rings is 2. The third kappa shape index (κ3) is 4.67. The molecule has 1 amide bonds. The van der Waals surface area contributed by atoms with Crippen LogP contribution in [0.2, 0.25) is 5.02 Å². The van der Waals surface area contributed by atoms with E-state index in [1.807, 2.05) is 54.6 Å². The van der Waals surface area contributed by atoms with Gasteiger partial charge in [-0.3, -0.25) is 4.79 Å². The van der Waals surface area contributed by atoms with Crippen molar-refractivity contribution in [3.05, 3.63) is 65.2 Å². The van der Waals surface area contributed by atoms with Crippen LogP contribution in [0.5, 0.6) is 0 Å². The van der Waals surface area contributed by atoms with Crippen molar-refractivity contribution in [2.45, 2.75) is 45.6 Å². The van der Waals surface area contributed by atoms with Crippen LogP contribution in [0, 0.1) is 0 Å². The number of nitrogens with zero attached hydrogens (tertiary/aromatic N) is 1. The molecule has 0 saturated heterocycles. The number of rotatable bonds is 7. The lowest BCUT2D eigenvalue weighted by atomic mass is 10.0. The van der Waals surface area contributed by atoms with E-state index >= 15 is 0 Å². The highest BCUT2D eigenvalue weighted by Gasteiger charge is 2.16. The van der Waals surface area contributed by atoms with Crippen molar-refractivity contribution in [1.82, 2.24) is 10.3 Å². The van der Waals surface area contributed by atoms with Crippen molar-refractivity contribution in [2.75, 3.05) is 0 Å². The first-order valence-electron chi connectivity index (χ1n) is 9.55. The second kappa shape index (κ2) is 9.01. The Morgan fingerprint density at radius 1 is 1.11 bits per heavy atom. The maximum Gasteiger partial charge on any atom is 0.252 e. The minimum absolute atomic E-state index is 0.0640. The van der Waals surface area contributed by atoms with Gasteiger partial charge in [0.2, 0.25) is 0 Å². The summed E-state index contributed by atoms with van der Waals surface area (Å²) >= 11 is 6.36. The first kappa shape index (κ1) is 19.4. The van der Waals surface area contributed by atoms with Gasteiger partial charge in [-0.25, -0.2) is 4.98 Å². The predicted octanol–water partition coefficient (Wildman–Crippen LogP) is 6.25. The number of unbranched alkanes of at least 4 members (excludes halogenated alkanes) is 2. The third-order valence-corrected chi connectivity index (χ3v) is 5.06. The molecule has 1 N–H and O–H groups in total. The van der Waals surface area contributed by atoms with Gasteiger partial charge in [0.25, 0.3) is 5.91 Å². The highest BCUT2D eigenvalue weighted by atomic mass is 35.5. The van der Waals surface area contributed by atoms with Crippen LogP contribution in [0.4, 0.5) is 0 Å². The van der Waals surface area contributed by atoms with E-state index in [-0.39, 0.29) is 11.9 Å². The van der Waals surface area contributed by atoms with Crippen LogP contribution in [0.15, 0.2) is 54.6 Å². The Kier molecular flexibility index (Phi) is 6.46. The van der Waals surface area contributed by atoms with E-state index in [1.54, 1.807) is 0 Å². The predicted molar refractivity (Wildman–Crippen MR) is 113 cm³/mol. The zero-order valence-corrected chi connectivity index (χ0v) is 16.6. The average Bonchev–Trinajstić information content (AvgIpc) is 2.67. The second-order valence-electron chi connectivity index (χ2n) is 6.92. The Morgan fingerprint density at radius 3 is 2.63 bits per heavy atom. The molecule has 0 spiro atoms. The van der Waals surface area contributed by atoms with E-state index in [1.165, 1.54) is 12.8 Å². The summed E-state index contributed by atoms with van der Waals surface area (Å²) in [5.74, 6) is -0.0640. The smallest absolute Gasteiger partial charge is 0.252 e. The number of hydrogen-bond acceptors (Lipinski definition) is 2. The summed E-state index contributed by atoms with van der Waals surface area (Å²) in [5.41, 5.74) is 2.97. The summed E-state index contributed by atoms with van der Waals surface area (Å²) in [6.07, 6.45) is 4.48. The molecule has 3 aromatic rings. The average molecular weight is 381 g/mol. The summed E-state index contributed by atoms with van der Waals surface area (Å²) in [4.78, 5) is 17.7. The maximum atomic E-state index is 13.0. The molecule has 0 aliphatic heterocycles. The number of para-hydroxylation sites is 1. The first-order chi connectivity index (χ1) is 13.1. The molecule has 0 fully saturated rings. The molecule has 1 aromatic heterocycles. The molecule has 1 atom stereocenters. The molecule has 4 heteroatoms. The van der Waals surface area contributed by atoms with E-state index in [0.717, 1.165) is 29.3 Å². The highest BCUT2D eigenvalue weighted by molar-refractivity contribution is 6.33. The fraction of sp³-hybridized carbons (Fsp3) is 0.304. The fourth-order valence-corrected chi connectivity index (χ4v) is 3.48. The molecule has 0 radical (unpaired) electrons. The van der Waals surface area contributed by atoms with Crippen LogP contribution >= 0.6 is 11.6 Å². The molecule has 3 rings (SSSR count). The van der Waals surface area contributed by atoms with E-state index in [9.17, 15) is 4.79 Å². The summed E-state index contributed by atoms with van der Waals surface area (Å²) in [6, 6.07) is 17.3. The Balaban J connectivity index is 1.96. The van der Waals surface area contributed by atoms with Crippen molar-refractivity contribution in [3.8, 4) is 11.3 Å². The second-order valence-corrected chi connectivity index (χ2v) is 7.33. The highest BCUT2D eigenvalue weighted by Crippen LogP contribution is 2.29. The quantitative estimate of drug-likeness (QED) is 0.492.